The first-order chi connectivity index (χ1) is 20.1. The molecule has 2 aliphatic heterocycles. The van der Waals surface area contributed by atoms with E-state index in [0.29, 0.717) is 38.2 Å². The maximum Gasteiger partial charge on any atom is 0.407 e. The number of hydrogen-bond donors (Lipinski definition) is 3. The molecule has 1 fully saturated rings. The number of piperidine rings is 1. The predicted octanol–water partition coefficient (Wildman–Crippen LogP) is 3.86. The van der Waals surface area contributed by atoms with Crippen molar-refractivity contribution >= 4 is 35.6 Å². The van der Waals surface area contributed by atoms with Gasteiger partial charge in [0.05, 0.1) is 0 Å². The lowest BCUT2D eigenvalue weighted by atomic mass is 10.0. The Bertz CT molecular complexity index is 1150. The molecule has 5 amide bonds. The lowest BCUT2D eigenvalue weighted by Gasteiger charge is -2.30. The molecule has 1 atom stereocenters. The maximum atomic E-state index is 13.4. The maximum absolute atomic E-state index is 13.4. The van der Waals surface area contributed by atoms with Gasteiger partial charge < -0.3 is 29.9 Å². The number of amides is 5. The zero-order valence-corrected chi connectivity index (χ0v) is 26.3. The molecule has 3 N–H and O–H groups in total. The number of carbonyl (C=O) groups excluding carboxylic acids is 5. The molecule has 0 saturated carbocycles. The second-order valence-corrected chi connectivity index (χ2v) is 13.0. The van der Waals surface area contributed by atoms with Gasteiger partial charge in [-0.15, -0.1) is 0 Å². The summed E-state index contributed by atoms with van der Waals surface area (Å²) in [6, 6.07) is 4.93. The van der Waals surface area contributed by atoms with Crippen LogP contribution in [0.2, 0.25) is 0 Å². The third kappa shape index (κ3) is 10.4. The van der Waals surface area contributed by atoms with Gasteiger partial charge in [-0.25, -0.2) is 9.59 Å². The van der Waals surface area contributed by atoms with Crippen LogP contribution in [0.3, 0.4) is 0 Å². The van der Waals surface area contributed by atoms with Gasteiger partial charge in [0.25, 0.3) is 5.91 Å². The van der Waals surface area contributed by atoms with Crippen LogP contribution in [0.25, 0.3) is 0 Å². The lowest BCUT2D eigenvalue weighted by molar-refractivity contribution is -0.136. The van der Waals surface area contributed by atoms with Gasteiger partial charge in [-0.3, -0.25) is 19.7 Å². The number of ether oxygens (including phenoxy) is 2. The monoisotopic (exact) mass is 601 g/mol. The van der Waals surface area contributed by atoms with Crippen molar-refractivity contribution in [3.8, 4) is 0 Å². The van der Waals surface area contributed by atoms with Crippen molar-refractivity contribution in [2.75, 3.05) is 31.1 Å². The number of hydrogen-bond acceptors (Lipinski definition) is 8. The fraction of sp³-hybridized carbons (Fsp3) is 0.645. The third-order valence-corrected chi connectivity index (χ3v) is 6.94. The average molecular weight is 602 g/mol. The van der Waals surface area contributed by atoms with Crippen LogP contribution in [0.1, 0.15) is 96.0 Å². The first-order valence-electron chi connectivity index (χ1n) is 15.1. The van der Waals surface area contributed by atoms with Crippen LogP contribution in [0.15, 0.2) is 18.2 Å². The topological polar surface area (TPSA) is 146 Å². The highest BCUT2D eigenvalue weighted by molar-refractivity contribution is 6.06. The average Bonchev–Trinajstić information content (AvgIpc) is 3.21. The Morgan fingerprint density at radius 2 is 1.47 bits per heavy atom. The van der Waals surface area contributed by atoms with Gasteiger partial charge >= 0.3 is 12.2 Å². The largest absolute Gasteiger partial charge is 0.444 e. The van der Waals surface area contributed by atoms with E-state index in [4.69, 9.17) is 9.47 Å². The van der Waals surface area contributed by atoms with Crippen molar-refractivity contribution in [3.63, 3.8) is 0 Å². The number of anilines is 1. The molecule has 238 valence electrons. The Kier molecular flexibility index (Phi) is 11.4. The van der Waals surface area contributed by atoms with Crippen LogP contribution in [-0.2, 0) is 25.6 Å². The number of nitrogens with zero attached hydrogens (tertiary/aromatic N) is 2. The molecule has 1 unspecified atom stereocenters. The number of carbonyl (C=O) groups is 5. The molecule has 2 heterocycles. The molecular weight excluding hydrogens is 554 g/mol. The van der Waals surface area contributed by atoms with E-state index in [2.05, 4.69) is 20.9 Å². The van der Waals surface area contributed by atoms with Crippen LogP contribution < -0.4 is 20.9 Å². The molecule has 1 aromatic carbocycles. The number of fused-ring (bicyclic) bond motifs is 1. The van der Waals surface area contributed by atoms with Crippen molar-refractivity contribution in [1.29, 1.82) is 0 Å². The summed E-state index contributed by atoms with van der Waals surface area (Å²) in [6.45, 7) is 13.5. The van der Waals surface area contributed by atoms with Crippen molar-refractivity contribution in [2.45, 2.75) is 104 Å². The number of unbranched alkanes of at least 4 members (excludes halogenated alkanes) is 2. The molecule has 0 aromatic heterocycles. The summed E-state index contributed by atoms with van der Waals surface area (Å²) in [6.07, 6.45) is 2.62. The smallest absolute Gasteiger partial charge is 0.407 e. The highest BCUT2D eigenvalue weighted by Gasteiger charge is 2.40. The summed E-state index contributed by atoms with van der Waals surface area (Å²) < 4.78 is 10.6. The Hall–Kier alpha value is -3.83. The second kappa shape index (κ2) is 14.6. The van der Waals surface area contributed by atoms with E-state index in [0.717, 1.165) is 36.9 Å². The Morgan fingerprint density at radius 3 is 1.98 bits per heavy atom. The molecular formula is C31H47N5O7. The van der Waals surface area contributed by atoms with Crippen molar-refractivity contribution in [3.05, 3.63) is 29.3 Å². The first-order valence-corrected chi connectivity index (χ1v) is 15.1. The zero-order valence-electron chi connectivity index (χ0n) is 26.3. The summed E-state index contributed by atoms with van der Waals surface area (Å²) in [7, 11) is 0. The minimum absolute atomic E-state index is 0.199. The molecule has 0 aliphatic carbocycles. The summed E-state index contributed by atoms with van der Waals surface area (Å²) in [5, 5.41) is 7.93. The molecule has 3 rings (SSSR count). The lowest BCUT2D eigenvalue weighted by Crippen LogP contribution is -2.52. The second-order valence-electron chi connectivity index (χ2n) is 13.0. The molecule has 2 aliphatic rings. The van der Waals surface area contributed by atoms with E-state index in [1.54, 1.807) is 11.0 Å². The van der Waals surface area contributed by atoms with E-state index in [1.807, 2.05) is 53.7 Å². The Labute approximate surface area is 254 Å². The highest BCUT2D eigenvalue weighted by atomic mass is 16.6. The summed E-state index contributed by atoms with van der Waals surface area (Å²) in [4.78, 5) is 65.4. The van der Waals surface area contributed by atoms with Crippen LogP contribution in [0.5, 0.6) is 0 Å². The number of rotatable bonds is 12. The molecule has 0 radical (unpaired) electrons. The minimum atomic E-state index is -0.684. The number of imide groups is 1. The number of alkyl carbamates (subject to hydrolysis) is 2. The standard InChI is InChI=1S/C31H47N5O7/c1-30(2,3)42-28(40)32-16-7-9-18-35(19-10-8-17-33-29(41)43-31(4,5)6)23-13-11-12-21-22(23)20-36(27(21)39)24-14-15-25(37)34-26(24)38/h11-13,24H,7-10,14-20H2,1-6H3,(H,32,40)(H,33,41)(H,34,37,38). The first kappa shape index (κ1) is 33.7. The quantitative estimate of drug-likeness (QED) is 0.242. The molecule has 43 heavy (non-hydrogen) atoms. The fourth-order valence-electron chi connectivity index (χ4n) is 5.08. The fourth-order valence-corrected chi connectivity index (χ4v) is 5.08. The Balaban J connectivity index is 1.65. The minimum Gasteiger partial charge on any atom is -0.444 e. The molecule has 0 bridgehead atoms. The van der Waals surface area contributed by atoms with Gasteiger partial charge in [0.2, 0.25) is 11.8 Å². The summed E-state index contributed by atoms with van der Waals surface area (Å²) >= 11 is 0. The highest BCUT2D eigenvalue weighted by Crippen LogP contribution is 2.34. The molecule has 12 nitrogen and oxygen atoms in total. The van der Waals surface area contributed by atoms with E-state index in [9.17, 15) is 24.0 Å². The van der Waals surface area contributed by atoms with Gasteiger partial charge in [-0.1, -0.05) is 6.07 Å². The zero-order chi connectivity index (χ0) is 31.8. The van der Waals surface area contributed by atoms with Gasteiger partial charge in [-0.2, -0.15) is 0 Å². The van der Waals surface area contributed by atoms with Crippen LogP contribution in [0.4, 0.5) is 15.3 Å². The molecule has 1 aromatic rings. The van der Waals surface area contributed by atoms with Gasteiger partial charge in [-0.05, 0) is 85.8 Å². The van der Waals surface area contributed by atoms with Crippen LogP contribution >= 0.6 is 0 Å². The summed E-state index contributed by atoms with van der Waals surface area (Å²) in [5.74, 6) is -0.972. The molecule has 12 heteroatoms. The Morgan fingerprint density at radius 1 is 0.907 bits per heavy atom. The van der Waals surface area contributed by atoms with Gasteiger partial charge in [0, 0.05) is 56.0 Å². The predicted molar refractivity (Wildman–Crippen MR) is 162 cm³/mol. The molecule has 1 saturated heterocycles. The number of nitrogens with one attached hydrogen (secondary N) is 3. The number of benzene rings is 1. The van der Waals surface area contributed by atoms with Crippen LogP contribution in [0, 0.1) is 0 Å². The van der Waals surface area contributed by atoms with E-state index < -0.39 is 35.3 Å². The van der Waals surface area contributed by atoms with Crippen molar-refractivity contribution in [1.82, 2.24) is 20.9 Å². The van der Waals surface area contributed by atoms with Gasteiger partial charge in [0.1, 0.15) is 17.2 Å². The SMILES string of the molecule is CC(C)(C)OC(=O)NCCCCN(CCCCNC(=O)OC(C)(C)C)c1cccc2c1CN(C1CCC(=O)NC1=O)C2=O. The summed E-state index contributed by atoms with van der Waals surface area (Å²) in [5.41, 5.74) is 1.21. The van der Waals surface area contributed by atoms with Crippen molar-refractivity contribution < 1.29 is 33.4 Å². The van der Waals surface area contributed by atoms with Gasteiger partial charge in [0.15, 0.2) is 0 Å². The molecule has 0 spiro atoms. The third-order valence-electron chi connectivity index (χ3n) is 6.94. The van der Waals surface area contributed by atoms with E-state index >= 15 is 0 Å². The van der Waals surface area contributed by atoms with E-state index in [-0.39, 0.29) is 24.8 Å². The van der Waals surface area contributed by atoms with Crippen LogP contribution in [-0.4, -0.2) is 78.2 Å². The van der Waals surface area contributed by atoms with E-state index in [1.165, 1.54) is 0 Å². The normalized spacial score (nSPS) is 16.8. The van der Waals surface area contributed by atoms with Crippen molar-refractivity contribution in [2.24, 2.45) is 0 Å².